The molecule has 0 aromatic heterocycles. The number of nitro benzene ring substituents is 1. The molecule has 3 aromatic carbocycles. The molecule has 1 amide bonds. The number of aryl methyl sites for hydroxylation is 1. The van der Waals surface area contributed by atoms with Crippen LogP contribution in [-0.2, 0) is 14.3 Å². The van der Waals surface area contributed by atoms with Crippen molar-refractivity contribution in [3.05, 3.63) is 94.0 Å². The predicted molar refractivity (Wildman–Crippen MR) is 124 cm³/mol. The Kier molecular flexibility index (Phi) is 8.07. The van der Waals surface area contributed by atoms with Gasteiger partial charge in [-0.25, -0.2) is 0 Å². The van der Waals surface area contributed by atoms with Gasteiger partial charge in [-0.3, -0.25) is 24.5 Å². The van der Waals surface area contributed by atoms with E-state index in [1.54, 1.807) is 31.2 Å². The summed E-state index contributed by atoms with van der Waals surface area (Å²) in [6.45, 7) is 0.994. The molecule has 0 bridgehead atoms. The third-order valence-electron chi connectivity index (χ3n) is 4.77. The number of para-hydroxylation sites is 1. The van der Waals surface area contributed by atoms with Gasteiger partial charge in [0, 0.05) is 29.3 Å². The normalized spacial score (nSPS) is 10.3. The zero-order chi connectivity index (χ0) is 24.5. The molecular formula is C25H22N2O7. The first-order valence-corrected chi connectivity index (χ1v) is 10.4. The van der Waals surface area contributed by atoms with E-state index in [1.165, 1.54) is 12.1 Å². The smallest absolute Gasteiger partial charge is 0.306 e. The van der Waals surface area contributed by atoms with Gasteiger partial charge in [-0.05, 0) is 43.3 Å². The molecule has 0 saturated carbocycles. The molecule has 3 rings (SSSR count). The van der Waals surface area contributed by atoms with Crippen molar-refractivity contribution in [2.75, 3.05) is 11.9 Å². The highest BCUT2D eigenvalue weighted by Crippen LogP contribution is 2.23. The standard InChI is InChI=1S/C25H22N2O7/c1-17-7-8-18(15-22(17)27(31)32)23(28)16-33-25(30)14-13-24(29)26-19-9-11-21(12-10-19)34-20-5-3-2-4-6-20/h2-12,15H,13-14,16H2,1H3,(H,26,29). The van der Waals surface area contributed by atoms with Crippen molar-refractivity contribution >= 4 is 29.0 Å². The molecule has 0 radical (unpaired) electrons. The average Bonchev–Trinajstić information content (AvgIpc) is 2.83. The summed E-state index contributed by atoms with van der Waals surface area (Å²) in [4.78, 5) is 46.6. The summed E-state index contributed by atoms with van der Waals surface area (Å²) in [5.74, 6) is -0.391. The van der Waals surface area contributed by atoms with E-state index in [0.29, 0.717) is 22.7 Å². The van der Waals surface area contributed by atoms with Crippen molar-refractivity contribution in [1.82, 2.24) is 0 Å². The number of nitrogens with one attached hydrogen (secondary N) is 1. The molecule has 0 unspecified atom stereocenters. The van der Waals surface area contributed by atoms with Gasteiger partial charge in [-0.1, -0.05) is 30.3 Å². The van der Waals surface area contributed by atoms with Crippen molar-refractivity contribution in [3.8, 4) is 11.5 Å². The van der Waals surface area contributed by atoms with Gasteiger partial charge in [0.2, 0.25) is 11.7 Å². The highest BCUT2D eigenvalue weighted by atomic mass is 16.6. The zero-order valence-electron chi connectivity index (χ0n) is 18.4. The van der Waals surface area contributed by atoms with Gasteiger partial charge in [0.05, 0.1) is 11.3 Å². The molecule has 9 heteroatoms. The Bertz CT molecular complexity index is 1190. The molecule has 0 aliphatic heterocycles. The Morgan fingerprint density at radius 3 is 2.26 bits per heavy atom. The Labute approximate surface area is 195 Å². The largest absolute Gasteiger partial charge is 0.457 e. The first-order chi connectivity index (χ1) is 16.3. The van der Waals surface area contributed by atoms with Crippen LogP contribution in [0, 0.1) is 17.0 Å². The maximum absolute atomic E-state index is 12.2. The summed E-state index contributed by atoms with van der Waals surface area (Å²) in [7, 11) is 0. The zero-order valence-corrected chi connectivity index (χ0v) is 18.4. The van der Waals surface area contributed by atoms with Gasteiger partial charge in [0.1, 0.15) is 11.5 Å². The number of esters is 1. The maximum atomic E-state index is 12.2. The van der Waals surface area contributed by atoms with Crippen LogP contribution in [0.5, 0.6) is 11.5 Å². The van der Waals surface area contributed by atoms with Crippen molar-refractivity contribution in [2.24, 2.45) is 0 Å². The number of Topliss-reactive ketones (excluding diaryl/α,β-unsaturated/α-hetero) is 1. The van der Waals surface area contributed by atoms with Gasteiger partial charge < -0.3 is 14.8 Å². The van der Waals surface area contributed by atoms with E-state index >= 15 is 0 Å². The minimum atomic E-state index is -0.725. The van der Waals surface area contributed by atoms with Crippen LogP contribution >= 0.6 is 0 Å². The summed E-state index contributed by atoms with van der Waals surface area (Å²) >= 11 is 0. The Morgan fingerprint density at radius 1 is 0.912 bits per heavy atom. The molecule has 1 N–H and O–H groups in total. The number of ether oxygens (including phenoxy) is 2. The lowest BCUT2D eigenvalue weighted by Gasteiger charge is -2.08. The molecule has 0 aliphatic rings. The molecule has 0 atom stereocenters. The topological polar surface area (TPSA) is 125 Å². The van der Waals surface area contributed by atoms with Gasteiger partial charge in [0.25, 0.3) is 5.69 Å². The summed E-state index contributed by atoms with van der Waals surface area (Å²) < 4.78 is 10.6. The van der Waals surface area contributed by atoms with E-state index in [-0.39, 0.29) is 24.1 Å². The van der Waals surface area contributed by atoms with E-state index in [4.69, 9.17) is 9.47 Å². The highest BCUT2D eigenvalue weighted by Gasteiger charge is 2.17. The van der Waals surface area contributed by atoms with Crippen LogP contribution < -0.4 is 10.1 Å². The number of ketones is 1. The molecule has 34 heavy (non-hydrogen) atoms. The van der Waals surface area contributed by atoms with Crippen LogP contribution in [-0.4, -0.2) is 29.2 Å². The highest BCUT2D eigenvalue weighted by molar-refractivity contribution is 5.99. The molecule has 0 aliphatic carbocycles. The molecule has 174 valence electrons. The van der Waals surface area contributed by atoms with Gasteiger partial charge in [-0.2, -0.15) is 0 Å². The number of anilines is 1. The van der Waals surface area contributed by atoms with Crippen molar-refractivity contribution in [1.29, 1.82) is 0 Å². The fourth-order valence-corrected chi connectivity index (χ4v) is 2.95. The summed E-state index contributed by atoms with van der Waals surface area (Å²) in [5, 5.41) is 13.7. The number of nitrogens with zero attached hydrogens (tertiary/aromatic N) is 1. The first kappa shape index (κ1) is 24.1. The van der Waals surface area contributed by atoms with E-state index in [0.717, 1.165) is 6.07 Å². The van der Waals surface area contributed by atoms with E-state index in [1.807, 2.05) is 30.3 Å². The third kappa shape index (κ3) is 6.99. The minimum absolute atomic E-state index is 0.0718. The van der Waals surface area contributed by atoms with Crippen molar-refractivity contribution in [2.45, 2.75) is 19.8 Å². The molecule has 9 nitrogen and oxygen atoms in total. The second kappa shape index (κ2) is 11.4. The third-order valence-corrected chi connectivity index (χ3v) is 4.77. The number of amides is 1. The Morgan fingerprint density at radius 2 is 1.59 bits per heavy atom. The SMILES string of the molecule is Cc1ccc(C(=O)COC(=O)CCC(=O)Nc2ccc(Oc3ccccc3)cc2)cc1[N+](=O)[O-]. The van der Waals surface area contributed by atoms with Crippen LogP contribution in [0.1, 0.15) is 28.8 Å². The molecule has 0 fully saturated rings. The quantitative estimate of drug-likeness (QED) is 0.198. The van der Waals surface area contributed by atoms with Crippen molar-refractivity contribution in [3.63, 3.8) is 0 Å². The van der Waals surface area contributed by atoms with Crippen LogP contribution in [0.3, 0.4) is 0 Å². The monoisotopic (exact) mass is 462 g/mol. The second-order valence-electron chi connectivity index (χ2n) is 7.33. The first-order valence-electron chi connectivity index (χ1n) is 10.4. The van der Waals surface area contributed by atoms with Crippen LogP contribution in [0.15, 0.2) is 72.8 Å². The number of benzene rings is 3. The van der Waals surface area contributed by atoms with Crippen LogP contribution in [0.25, 0.3) is 0 Å². The number of carbonyl (C=O) groups excluding carboxylic acids is 3. The summed E-state index contributed by atoms with van der Waals surface area (Å²) in [5.41, 5.74) is 0.842. The molecule has 0 heterocycles. The fourth-order valence-electron chi connectivity index (χ4n) is 2.95. The molecule has 0 saturated heterocycles. The fraction of sp³-hybridized carbons (Fsp3) is 0.160. The van der Waals surface area contributed by atoms with Crippen LogP contribution in [0.2, 0.25) is 0 Å². The van der Waals surface area contributed by atoms with Gasteiger partial charge in [-0.15, -0.1) is 0 Å². The lowest BCUT2D eigenvalue weighted by molar-refractivity contribution is -0.385. The number of rotatable bonds is 10. The number of nitro groups is 1. The van der Waals surface area contributed by atoms with E-state index in [9.17, 15) is 24.5 Å². The second-order valence-corrected chi connectivity index (χ2v) is 7.33. The lowest BCUT2D eigenvalue weighted by atomic mass is 10.1. The maximum Gasteiger partial charge on any atom is 0.306 e. The molecule has 0 spiro atoms. The predicted octanol–water partition coefficient (Wildman–Crippen LogP) is 4.84. The number of hydrogen-bond acceptors (Lipinski definition) is 7. The van der Waals surface area contributed by atoms with E-state index in [2.05, 4.69) is 5.32 Å². The minimum Gasteiger partial charge on any atom is -0.457 e. The Balaban J connectivity index is 1.41. The molecule has 3 aromatic rings. The Hall–Kier alpha value is -4.53. The van der Waals surface area contributed by atoms with Gasteiger partial charge in [0.15, 0.2) is 6.61 Å². The number of hydrogen-bond donors (Lipinski definition) is 1. The van der Waals surface area contributed by atoms with Gasteiger partial charge >= 0.3 is 5.97 Å². The average molecular weight is 462 g/mol. The summed E-state index contributed by atoms with van der Waals surface area (Å²) in [6, 6.07) is 20.1. The number of carbonyl (C=O) groups is 3. The molecular weight excluding hydrogens is 440 g/mol. The lowest BCUT2D eigenvalue weighted by Crippen LogP contribution is -2.17. The summed E-state index contributed by atoms with van der Waals surface area (Å²) in [6.07, 6.45) is -0.354. The van der Waals surface area contributed by atoms with Crippen molar-refractivity contribution < 1.29 is 28.8 Å². The van der Waals surface area contributed by atoms with Crippen LogP contribution in [0.4, 0.5) is 11.4 Å². The van der Waals surface area contributed by atoms with E-state index < -0.39 is 29.2 Å².